The van der Waals surface area contributed by atoms with Crippen molar-refractivity contribution in [2.75, 3.05) is 39.6 Å². The van der Waals surface area contributed by atoms with Crippen LogP contribution in [0.5, 0.6) is 0 Å². The molecule has 0 aromatic carbocycles. The second kappa shape index (κ2) is 80.7. The lowest BCUT2D eigenvalue weighted by Crippen LogP contribution is -2.30. The van der Waals surface area contributed by atoms with Crippen LogP contribution in [-0.2, 0) is 65.4 Å². The van der Waals surface area contributed by atoms with E-state index < -0.39 is 97.5 Å². The highest BCUT2D eigenvalue weighted by atomic mass is 31.2. The van der Waals surface area contributed by atoms with Crippen LogP contribution in [0.1, 0.15) is 478 Å². The fourth-order valence-corrected chi connectivity index (χ4v) is 15.4. The standard InChI is InChI=1S/C88H172O17P2/c1-6-10-13-16-19-22-24-26-28-30-31-32-36-40-43-47-52-57-62-67-72-86(91)99-78-84(105-88(93)74-69-64-59-54-49-45-41-37-34-33-35-38-42-46-51-55-60-65-70-81(5)9-4)80-103-107(96,97)101-76-82(89)75-100-106(94,95)102-79-83(77-98-85(90)71-66-61-56-50-21-18-15-12-8-3)104-87(92)73-68-63-58-53-48-44-39-29-27-25-23-20-17-14-11-7-2/h81-84,89H,6-80H2,1-5H3,(H,94,95)(H,96,97)/t81?,82-,83+,84+/m0/s1. The smallest absolute Gasteiger partial charge is 0.462 e. The predicted molar refractivity (Wildman–Crippen MR) is 442 cm³/mol. The van der Waals surface area contributed by atoms with Gasteiger partial charge < -0.3 is 33.8 Å². The van der Waals surface area contributed by atoms with E-state index in [9.17, 15) is 43.2 Å². The van der Waals surface area contributed by atoms with E-state index in [0.717, 1.165) is 95.8 Å². The van der Waals surface area contributed by atoms with Gasteiger partial charge in [0.25, 0.3) is 0 Å². The summed E-state index contributed by atoms with van der Waals surface area (Å²) in [4.78, 5) is 73.2. The summed E-state index contributed by atoms with van der Waals surface area (Å²) in [6, 6.07) is 0. The molecule has 3 N–H and O–H groups in total. The van der Waals surface area contributed by atoms with E-state index in [4.69, 9.17) is 37.0 Å². The second-order valence-electron chi connectivity index (χ2n) is 31.9. The van der Waals surface area contributed by atoms with Gasteiger partial charge in [-0.3, -0.25) is 37.3 Å². The van der Waals surface area contributed by atoms with Gasteiger partial charge in [0.05, 0.1) is 26.4 Å². The monoisotopic (exact) mass is 1560 g/mol. The Morgan fingerprint density at radius 1 is 0.262 bits per heavy atom. The van der Waals surface area contributed by atoms with Crippen molar-refractivity contribution in [3.05, 3.63) is 0 Å². The molecule has 19 heteroatoms. The van der Waals surface area contributed by atoms with Gasteiger partial charge >= 0.3 is 39.5 Å². The average Bonchev–Trinajstić information content (AvgIpc) is 0.944. The normalized spacial score (nSPS) is 14.0. The Labute approximate surface area is 658 Å². The van der Waals surface area contributed by atoms with Crippen molar-refractivity contribution in [1.82, 2.24) is 0 Å². The SMILES string of the molecule is CCCCCCCCCCCCCCCCCCCCCCC(=O)OC[C@H](COP(=O)(O)OC[C@@H](O)COP(=O)(O)OC[C@@H](COC(=O)CCCCCCCCCCC)OC(=O)CCCCCCCCCCCCCCCCCC)OC(=O)CCCCCCCCCCCCCCCCCCCCC(C)CC. The van der Waals surface area contributed by atoms with Gasteiger partial charge in [-0.25, -0.2) is 9.13 Å². The zero-order valence-electron chi connectivity index (χ0n) is 70.3. The first kappa shape index (κ1) is 105. The van der Waals surface area contributed by atoms with Crippen molar-refractivity contribution in [3.63, 3.8) is 0 Å². The Morgan fingerprint density at radius 2 is 0.449 bits per heavy atom. The Bertz CT molecular complexity index is 2030. The lowest BCUT2D eigenvalue weighted by atomic mass is 9.99. The molecule has 0 aromatic heterocycles. The van der Waals surface area contributed by atoms with Crippen LogP contribution in [0.2, 0.25) is 0 Å². The number of phosphoric acid groups is 2. The van der Waals surface area contributed by atoms with Crippen LogP contribution < -0.4 is 0 Å². The maximum Gasteiger partial charge on any atom is 0.472 e. The molecule has 0 rings (SSSR count). The molecule has 0 heterocycles. The summed E-state index contributed by atoms with van der Waals surface area (Å²) in [6.07, 6.45) is 75.0. The Hall–Kier alpha value is -1.94. The first-order chi connectivity index (χ1) is 52.1. The second-order valence-corrected chi connectivity index (χ2v) is 34.8. The molecule has 17 nitrogen and oxygen atoms in total. The van der Waals surface area contributed by atoms with Gasteiger partial charge in [-0.1, -0.05) is 426 Å². The molecule has 0 radical (unpaired) electrons. The lowest BCUT2D eigenvalue weighted by Gasteiger charge is -2.21. The maximum absolute atomic E-state index is 13.2. The molecule has 0 amide bonds. The fraction of sp³-hybridized carbons (Fsp3) is 0.955. The highest BCUT2D eigenvalue weighted by Gasteiger charge is 2.30. The van der Waals surface area contributed by atoms with Crippen molar-refractivity contribution in [2.24, 2.45) is 5.92 Å². The first-order valence-corrected chi connectivity index (χ1v) is 48.7. The van der Waals surface area contributed by atoms with Crippen LogP contribution in [-0.4, -0.2) is 96.7 Å². The highest BCUT2D eigenvalue weighted by Crippen LogP contribution is 2.45. The first-order valence-electron chi connectivity index (χ1n) is 45.7. The van der Waals surface area contributed by atoms with Gasteiger partial charge in [-0.2, -0.15) is 0 Å². The molecule has 6 atom stereocenters. The van der Waals surface area contributed by atoms with Crippen molar-refractivity contribution < 1.29 is 80.2 Å². The molecule has 107 heavy (non-hydrogen) atoms. The van der Waals surface area contributed by atoms with E-state index in [1.165, 1.54) is 302 Å². The number of carbonyl (C=O) groups is 4. The van der Waals surface area contributed by atoms with Crippen molar-refractivity contribution >= 4 is 39.5 Å². The Balaban J connectivity index is 5.20. The van der Waals surface area contributed by atoms with Gasteiger partial charge in [-0.05, 0) is 31.6 Å². The van der Waals surface area contributed by atoms with E-state index in [0.29, 0.717) is 25.7 Å². The number of ether oxygens (including phenoxy) is 4. The third-order valence-corrected chi connectivity index (χ3v) is 23.0. The van der Waals surface area contributed by atoms with Crippen molar-refractivity contribution in [1.29, 1.82) is 0 Å². The molecular formula is C88H172O17P2. The van der Waals surface area contributed by atoms with Crippen LogP contribution in [0, 0.1) is 5.92 Å². The quantitative estimate of drug-likeness (QED) is 0.0222. The summed E-state index contributed by atoms with van der Waals surface area (Å²) >= 11 is 0. The summed E-state index contributed by atoms with van der Waals surface area (Å²) < 4.78 is 68.9. The molecule has 0 aliphatic rings. The minimum Gasteiger partial charge on any atom is -0.462 e. The van der Waals surface area contributed by atoms with Gasteiger partial charge in [-0.15, -0.1) is 0 Å². The van der Waals surface area contributed by atoms with E-state index in [1.54, 1.807) is 0 Å². The number of esters is 4. The van der Waals surface area contributed by atoms with Crippen LogP contribution in [0.15, 0.2) is 0 Å². The van der Waals surface area contributed by atoms with E-state index in [1.807, 2.05) is 0 Å². The van der Waals surface area contributed by atoms with Crippen LogP contribution in [0.3, 0.4) is 0 Å². The minimum atomic E-state index is -4.97. The lowest BCUT2D eigenvalue weighted by molar-refractivity contribution is -0.161. The molecule has 0 saturated carbocycles. The summed E-state index contributed by atoms with van der Waals surface area (Å²) in [6.45, 7) is 7.43. The highest BCUT2D eigenvalue weighted by molar-refractivity contribution is 7.47. The number of carbonyl (C=O) groups excluding carboxylic acids is 4. The number of phosphoric ester groups is 2. The molecule has 0 saturated heterocycles. The third kappa shape index (κ3) is 80.5. The summed E-state index contributed by atoms with van der Waals surface area (Å²) in [5.41, 5.74) is 0. The van der Waals surface area contributed by atoms with Gasteiger partial charge in [0.2, 0.25) is 0 Å². The molecule has 3 unspecified atom stereocenters. The number of aliphatic hydroxyl groups excluding tert-OH is 1. The molecule has 0 bridgehead atoms. The number of aliphatic hydroxyl groups is 1. The summed E-state index contributed by atoms with van der Waals surface area (Å²) in [5.74, 6) is -1.23. The van der Waals surface area contributed by atoms with Gasteiger partial charge in [0.1, 0.15) is 19.3 Å². The van der Waals surface area contributed by atoms with Crippen molar-refractivity contribution in [3.8, 4) is 0 Å². The van der Waals surface area contributed by atoms with Crippen molar-refractivity contribution in [2.45, 2.75) is 496 Å². The zero-order chi connectivity index (χ0) is 78.3. The van der Waals surface area contributed by atoms with Crippen LogP contribution in [0.4, 0.5) is 0 Å². The molecule has 636 valence electrons. The fourth-order valence-electron chi connectivity index (χ4n) is 13.8. The third-order valence-electron chi connectivity index (χ3n) is 21.1. The maximum atomic E-state index is 13.2. The molecule has 0 aliphatic heterocycles. The van der Waals surface area contributed by atoms with Crippen LogP contribution in [0.25, 0.3) is 0 Å². The molecule has 0 aliphatic carbocycles. The van der Waals surface area contributed by atoms with E-state index >= 15 is 0 Å². The predicted octanol–water partition coefficient (Wildman–Crippen LogP) is 27.2. The van der Waals surface area contributed by atoms with Crippen LogP contribution >= 0.6 is 15.6 Å². The topological polar surface area (TPSA) is 237 Å². The summed E-state index contributed by atoms with van der Waals surface area (Å²) in [5, 5.41) is 10.7. The largest absolute Gasteiger partial charge is 0.472 e. The van der Waals surface area contributed by atoms with E-state index in [2.05, 4.69) is 34.6 Å². The van der Waals surface area contributed by atoms with E-state index in [-0.39, 0.29) is 25.7 Å². The number of rotatable bonds is 88. The molecular weight excluding hydrogens is 1390 g/mol. The summed E-state index contributed by atoms with van der Waals surface area (Å²) in [7, 11) is -9.93. The molecule has 0 aromatic rings. The average molecular weight is 1560 g/mol. The number of unbranched alkanes of at least 4 members (excludes halogenated alkanes) is 59. The Kier molecular flexibility index (Phi) is 79.2. The Morgan fingerprint density at radius 3 is 0.664 bits per heavy atom. The molecule has 0 fully saturated rings. The zero-order valence-corrected chi connectivity index (χ0v) is 72.1. The minimum absolute atomic E-state index is 0.109. The van der Waals surface area contributed by atoms with Gasteiger partial charge in [0.15, 0.2) is 12.2 Å². The number of hydrogen-bond acceptors (Lipinski definition) is 15. The number of hydrogen-bond donors (Lipinski definition) is 3. The molecule has 0 spiro atoms. The van der Waals surface area contributed by atoms with Gasteiger partial charge in [0, 0.05) is 25.7 Å².